The van der Waals surface area contributed by atoms with Crippen molar-refractivity contribution in [3.63, 3.8) is 0 Å². The minimum absolute atomic E-state index is 0.100. The number of para-hydroxylation sites is 1. The van der Waals surface area contributed by atoms with E-state index in [0.717, 1.165) is 11.1 Å². The van der Waals surface area contributed by atoms with E-state index in [1.807, 2.05) is 55.5 Å². The number of rotatable bonds is 9. The number of aromatic nitrogens is 3. The van der Waals surface area contributed by atoms with E-state index in [9.17, 15) is 9.59 Å². The van der Waals surface area contributed by atoms with E-state index in [-0.39, 0.29) is 18.4 Å². The van der Waals surface area contributed by atoms with Crippen LogP contribution in [0.3, 0.4) is 0 Å². The summed E-state index contributed by atoms with van der Waals surface area (Å²) in [4.78, 5) is 28.8. The third-order valence-corrected chi connectivity index (χ3v) is 5.84. The molecule has 8 nitrogen and oxygen atoms in total. The average molecular weight is 492 g/mol. The lowest BCUT2D eigenvalue weighted by Gasteiger charge is -2.31. The second kappa shape index (κ2) is 11.1. The summed E-state index contributed by atoms with van der Waals surface area (Å²) in [5.41, 5.74) is 3.68. The molecule has 9 heteroatoms. The van der Waals surface area contributed by atoms with Crippen LogP contribution in [-0.4, -0.2) is 47.1 Å². The molecule has 0 aliphatic heterocycles. The molecule has 35 heavy (non-hydrogen) atoms. The minimum Gasteiger partial charge on any atom is -0.383 e. The molecule has 4 rings (SSSR count). The number of ether oxygens (including phenoxy) is 1. The molecule has 0 aliphatic carbocycles. The molecule has 0 saturated heterocycles. The highest BCUT2D eigenvalue weighted by molar-refractivity contribution is 6.30. The number of carbonyl (C=O) groups excluding carboxylic acids is 2. The summed E-state index contributed by atoms with van der Waals surface area (Å²) in [7, 11) is 1.57. The van der Waals surface area contributed by atoms with Crippen molar-refractivity contribution >= 4 is 40.1 Å². The standard InChI is InChI=1S/C26H26ClN5O3/c1-18-7-9-19(10-8-18)25(26(34)28-15-16-35-2)32(21-13-11-20(27)12-14-21)24(33)17-31-23-6-4-3-5-22(23)29-30-31/h3-14,25H,15-17H2,1-2H3,(H,28,34). The number of aryl methyl sites for hydroxylation is 1. The molecule has 1 N–H and O–H groups in total. The quantitative estimate of drug-likeness (QED) is 0.358. The highest BCUT2D eigenvalue weighted by Gasteiger charge is 2.33. The van der Waals surface area contributed by atoms with E-state index in [4.69, 9.17) is 16.3 Å². The van der Waals surface area contributed by atoms with Gasteiger partial charge in [0, 0.05) is 24.4 Å². The van der Waals surface area contributed by atoms with E-state index in [1.165, 1.54) is 9.58 Å². The van der Waals surface area contributed by atoms with Gasteiger partial charge in [0.2, 0.25) is 11.8 Å². The first kappa shape index (κ1) is 24.4. The number of halogens is 1. The summed E-state index contributed by atoms with van der Waals surface area (Å²) < 4.78 is 6.62. The molecular formula is C26H26ClN5O3. The Morgan fingerprint density at radius 2 is 1.77 bits per heavy atom. The van der Waals surface area contributed by atoms with Gasteiger partial charge < -0.3 is 10.1 Å². The maximum Gasteiger partial charge on any atom is 0.249 e. The van der Waals surface area contributed by atoms with Crippen molar-refractivity contribution < 1.29 is 14.3 Å². The number of nitrogens with zero attached hydrogens (tertiary/aromatic N) is 4. The lowest BCUT2D eigenvalue weighted by Crippen LogP contribution is -2.46. The van der Waals surface area contributed by atoms with E-state index in [2.05, 4.69) is 15.6 Å². The van der Waals surface area contributed by atoms with E-state index < -0.39 is 6.04 Å². The Labute approximate surface area is 208 Å². The first-order valence-corrected chi connectivity index (χ1v) is 11.5. The largest absolute Gasteiger partial charge is 0.383 e. The van der Waals surface area contributed by atoms with Crippen molar-refractivity contribution in [1.29, 1.82) is 0 Å². The van der Waals surface area contributed by atoms with Crippen LogP contribution in [0.1, 0.15) is 17.2 Å². The van der Waals surface area contributed by atoms with Crippen LogP contribution >= 0.6 is 11.6 Å². The smallest absolute Gasteiger partial charge is 0.249 e. The number of hydrogen-bond donors (Lipinski definition) is 1. The van der Waals surface area contributed by atoms with Crippen molar-refractivity contribution in [2.45, 2.75) is 19.5 Å². The van der Waals surface area contributed by atoms with E-state index in [0.29, 0.717) is 34.9 Å². The number of methoxy groups -OCH3 is 1. The Morgan fingerprint density at radius 3 is 2.49 bits per heavy atom. The van der Waals surface area contributed by atoms with Crippen LogP contribution in [0.2, 0.25) is 5.02 Å². The first-order chi connectivity index (χ1) is 17.0. The monoisotopic (exact) mass is 491 g/mol. The number of fused-ring (bicyclic) bond motifs is 1. The van der Waals surface area contributed by atoms with Gasteiger partial charge in [-0.15, -0.1) is 5.10 Å². The fourth-order valence-corrected chi connectivity index (χ4v) is 3.94. The SMILES string of the molecule is COCCNC(=O)C(c1ccc(C)cc1)N(C(=O)Cn1nnc2ccccc21)c1ccc(Cl)cc1. The van der Waals surface area contributed by atoms with Gasteiger partial charge in [-0.25, -0.2) is 4.68 Å². The van der Waals surface area contributed by atoms with Crippen molar-refractivity contribution in [2.75, 3.05) is 25.2 Å². The molecule has 3 aromatic carbocycles. The van der Waals surface area contributed by atoms with Gasteiger partial charge in [0.1, 0.15) is 18.1 Å². The molecule has 0 radical (unpaired) electrons. The third-order valence-electron chi connectivity index (χ3n) is 5.58. The fourth-order valence-electron chi connectivity index (χ4n) is 3.82. The molecule has 180 valence electrons. The summed E-state index contributed by atoms with van der Waals surface area (Å²) in [6.07, 6.45) is 0. The average Bonchev–Trinajstić information content (AvgIpc) is 3.27. The molecule has 2 amide bonds. The highest BCUT2D eigenvalue weighted by Crippen LogP contribution is 2.30. The zero-order chi connectivity index (χ0) is 24.8. The summed E-state index contributed by atoms with van der Waals surface area (Å²) in [5.74, 6) is -0.645. The summed E-state index contributed by atoms with van der Waals surface area (Å²) >= 11 is 6.12. The summed E-state index contributed by atoms with van der Waals surface area (Å²) in [6.45, 7) is 2.53. The zero-order valence-corrected chi connectivity index (χ0v) is 20.3. The van der Waals surface area contributed by atoms with Crippen LogP contribution < -0.4 is 10.2 Å². The fraction of sp³-hybridized carbons (Fsp3) is 0.231. The Morgan fingerprint density at radius 1 is 1.06 bits per heavy atom. The van der Waals surface area contributed by atoms with Gasteiger partial charge in [-0.2, -0.15) is 0 Å². The molecule has 1 unspecified atom stereocenters. The Balaban J connectivity index is 1.76. The van der Waals surface area contributed by atoms with Gasteiger partial charge in [-0.1, -0.05) is 58.8 Å². The minimum atomic E-state index is -0.920. The molecule has 0 saturated carbocycles. The Kier molecular flexibility index (Phi) is 7.74. The second-order valence-electron chi connectivity index (χ2n) is 8.07. The third kappa shape index (κ3) is 5.67. The molecule has 4 aromatic rings. The first-order valence-electron chi connectivity index (χ1n) is 11.2. The second-order valence-corrected chi connectivity index (χ2v) is 8.51. The van der Waals surface area contributed by atoms with Crippen molar-refractivity contribution in [1.82, 2.24) is 20.3 Å². The summed E-state index contributed by atoms with van der Waals surface area (Å²) in [5, 5.41) is 11.7. The van der Waals surface area contributed by atoms with Crippen LogP contribution in [0.25, 0.3) is 11.0 Å². The predicted octanol–water partition coefficient (Wildman–Crippen LogP) is 3.93. The number of anilines is 1. The van der Waals surface area contributed by atoms with Gasteiger partial charge >= 0.3 is 0 Å². The molecule has 1 aromatic heterocycles. The van der Waals surface area contributed by atoms with Gasteiger partial charge in [0.05, 0.1) is 12.1 Å². The number of nitrogens with one attached hydrogen (secondary N) is 1. The van der Waals surface area contributed by atoms with Crippen LogP contribution in [0.4, 0.5) is 5.69 Å². The molecule has 0 aliphatic rings. The molecular weight excluding hydrogens is 466 g/mol. The molecule has 0 spiro atoms. The van der Waals surface area contributed by atoms with E-state index >= 15 is 0 Å². The van der Waals surface area contributed by atoms with Crippen LogP contribution in [0.15, 0.2) is 72.8 Å². The predicted molar refractivity (Wildman–Crippen MR) is 135 cm³/mol. The van der Waals surface area contributed by atoms with Crippen molar-refractivity contribution in [2.24, 2.45) is 0 Å². The topological polar surface area (TPSA) is 89.4 Å². The van der Waals surface area contributed by atoms with Gasteiger partial charge in [0.25, 0.3) is 0 Å². The van der Waals surface area contributed by atoms with Crippen molar-refractivity contribution in [3.05, 3.63) is 88.9 Å². The van der Waals surface area contributed by atoms with Crippen LogP contribution in [-0.2, 0) is 20.9 Å². The number of hydrogen-bond acceptors (Lipinski definition) is 5. The lowest BCUT2D eigenvalue weighted by molar-refractivity contribution is -0.127. The maximum atomic E-state index is 13.9. The van der Waals surface area contributed by atoms with Gasteiger partial charge in [-0.05, 0) is 48.9 Å². The van der Waals surface area contributed by atoms with Crippen LogP contribution in [0, 0.1) is 6.92 Å². The number of benzene rings is 3. The van der Waals surface area contributed by atoms with Gasteiger partial charge in [0.15, 0.2) is 0 Å². The normalized spacial score (nSPS) is 11.9. The number of carbonyl (C=O) groups is 2. The Bertz CT molecular complexity index is 1300. The zero-order valence-electron chi connectivity index (χ0n) is 19.5. The molecule has 0 fully saturated rings. The lowest BCUT2D eigenvalue weighted by atomic mass is 10.0. The number of amides is 2. The Hall–Kier alpha value is -3.75. The molecule has 0 bridgehead atoms. The molecule has 1 atom stereocenters. The van der Waals surface area contributed by atoms with Gasteiger partial charge in [-0.3, -0.25) is 14.5 Å². The molecule has 1 heterocycles. The highest BCUT2D eigenvalue weighted by atomic mass is 35.5. The van der Waals surface area contributed by atoms with Crippen molar-refractivity contribution in [3.8, 4) is 0 Å². The van der Waals surface area contributed by atoms with E-state index in [1.54, 1.807) is 31.4 Å². The maximum absolute atomic E-state index is 13.9. The van der Waals surface area contributed by atoms with Crippen LogP contribution in [0.5, 0.6) is 0 Å². The summed E-state index contributed by atoms with van der Waals surface area (Å²) in [6, 6.07) is 20.9.